The lowest BCUT2D eigenvalue weighted by Gasteiger charge is -2.25. The largest absolute Gasteiger partial charge is 0.481 e. The summed E-state index contributed by atoms with van der Waals surface area (Å²) in [5.41, 5.74) is 0. The third-order valence-electron chi connectivity index (χ3n) is 1.94. The zero-order chi connectivity index (χ0) is 11.1. The van der Waals surface area contributed by atoms with Gasteiger partial charge in [-0.3, -0.25) is 9.59 Å². The van der Waals surface area contributed by atoms with Crippen molar-refractivity contribution >= 4 is 11.9 Å². The summed E-state index contributed by atoms with van der Waals surface area (Å²) in [6, 6.07) is -0.263. The number of carboxylic acid groups (broad SMARTS) is 1. The van der Waals surface area contributed by atoms with Crippen LogP contribution >= 0.6 is 0 Å². The quantitative estimate of drug-likeness (QED) is 0.678. The van der Waals surface area contributed by atoms with Crippen molar-refractivity contribution < 1.29 is 14.7 Å². The third kappa shape index (κ3) is 4.07. The maximum Gasteiger partial charge on any atom is 0.305 e. The highest BCUT2D eigenvalue weighted by Gasteiger charge is 2.18. The fourth-order valence-corrected chi connectivity index (χ4v) is 1.29. The average molecular weight is 199 g/mol. The normalized spacial score (nSPS) is 12.8. The minimum Gasteiger partial charge on any atom is -0.481 e. The van der Waals surface area contributed by atoms with Crippen LogP contribution < -0.4 is 0 Å². The Bertz CT molecular complexity index is 236. The summed E-state index contributed by atoms with van der Waals surface area (Å²) in [6.07, 6.45) is 3.08. The van der Waals surface area contributed by atoms with E-state index >= 15 is 0 Å². The van der Waals surface area contributed by atoms with Gasteiger partial charge in [0.05, 0.1) is 6.42 Å². The summed E-state index contributed by atoms with van der Waals surface area (Å²) in [4.78, 5) is 23.4. The molecule has 1 unspecified atom stereocenters. The summed E-state index contributed by atoms with van der Waals surface area (Å²) in [7, 11) is 0. The van der Waals surface area contributed by atoms with Crippen LogP contribution in [0.3, 0.4) is 0 Å². The first kappa shape index (κ1) is 12.7. The van der Waals surface area contributed by atoms with Crippen molar-refractivity contribution in [3.63, 3.8) is 0 Å². The van der Waals surface area contributed by atoms with E-state index in [0.717, 1.165) is 0 Å². The molecule has 80 valence electrons. The van der Waals surface area contributed by atoms with Crippen LogP contribution in [0.25, 0.3) is 0 Å². The maximum atomic E-state index is 11.4. The Morgan fingerprint density at radius 3 is 2.43 bits per heavy atom. The molecule has 0 aromatic carbocycles. The van der Waals surface area contributed by atoms with Crippen molar-refractivity contribution in [2.45, 2.75) is 33.2 Å². The molecule has 1 atom stereocenters. The van der Waals surface area contributed by atoms with Gasteiger partial charge in [0.1, 0.15) is 0 Å². The van der Waals surface area contributed by atoms with E-state index in [0.29, 0.717) is 6.54 Å². The second-order valence-electron chi connectivity index (χ2n) is 3.07. The lowest BCUT2D eigenvalue weighted by atomic mass is 10.2. The zero-order valence-corrected chi connectivity index (χ0v) is 8.86. The molecule has 0 saturated heterocycles. The van der Waals surface area contributed by atoms with Crippen LogP contribution in [0.2, 0.25) is 0 Å². The summed E-state index contributed by atoms with van der Waals surface area (Å²) in [5, 5.41) is 8.58. The molecule has 4 nitrogen and oxygen atoms in total. The molecule has 0 saturated carbocycles. The average Bonchev–Trinajstić information content (AvgIpc) is 2.04. The van der Waals surface area contributed by atoms with E-state index in [1.165, 1.54) is 11.0 Å². The summed E-state index contributed by atoms with van der Waals surface area (Å²) in [5.74, 6) is -1.02. The molecule has 1 amide bonds. The first-order chi connectivity index (χ1) is 6.52. The fourth-order valence-electron chi connectivity index (χ4n) is 1.29. The Balaban J connectivity index is 4.39. The minimum atomic E-state index is -0.885. The molecule has 0 aliphatic carbocycles. The van der Waals surface area contributed by atoms with Gasteiger partial charge >= 0.3 is 5.97 Å². The third-order valence-corrected chi connectivity index (χ3v) is 1.94. The van der Waals surface area contributed by atoms with Gasteiger partial charge < -0.3 is 10.0 Å². The van der Waals surface area contributed by atoms with E-state index in [4.69, 9.17) is 5.11 Å². The molecule has 0 radical (unpaired) electrons. The highest BCUT2D eigenvalue weighted by atomic mass is 16.4. The highest BCUT2D eigenvalue weighted by Crippen LogP contribution is 2.04. The van der Waals surface area contributed by atoms with Crippen molar-refractivity contribution in [3.8, 4) is 0 Å². The first-order valence-corrected chi connectivity index (χ1v) is 4.68. The molecular weight excluding hydrogens is 182 g/mol. The maximum absolute atomic E-state index is 11.4. The van der Waals surface area contributed by atoms with Crippen LogP contribution in [-0.4, -0.2) is 34.5 Å². The molecule has 0 bridgehead atoms. The Morgan fingerprint density at radius 1 is 1.50 bits per heavy atom. The molecule has 1 N–H and O–H groups in total. The number of carbonyl (C=O) groups excluding carboxylic acids is 1. The number of carbonyl (C=O) groups is 2. The van der Waals surface area contributed by atoms with Crippen LogP contribution in [0.4, 0.5) is 0 Å². The Hall–Kier alpha value is -1.32. The molecule has 0 aromatic rings. The second-order valence-corrected chi connectivity index (χ2v) is 3.07. The summed E-state index contributed by atoms with van der Waals surface area (Å²) < 4.78 is 0. The molecule has 0 heterocycles. The first-order valence-electron chi connectivity index (χ1n) is 4.68. The number of amides is 1. The lowest BCUT2D eigenvalue weighted by molar-refractivity contribution is -0.139. The van der Waals surface area contributed by atoms with E-state index in [2.05, 4.69) is 0 Å². The van der Waals surface area contributed by atoms with Gasteiger partial charge in [0.2, 0.25) is 5.91 Å². The van der Waals surface area contributed by atoms with Gasteiger partial charge in [0.15, 0.2) is 0 Å². The number of carboxylic acids is 1. The highest BCUT2D eigenvalue weighted by molar-refractivity contribution is 5.88. The van der Waals surface area contributed by atoms with Gasteiger partial charge in [-0.15, -0.1) is 0 Å². The summed E-state index contributed by atoms with van der Waals surface area (Å²) in [6.45, 7) is 5.85. The smallest absolute Gasteiger partial charge is 0.305 e. The number of rotatable bonds is 5. The second kappa shape index (κ2) is 6.18. The summed E-state index contributed by atoms with van der Waals surface area (Å²) >= 11 is 0. The van der Waals surface area contributed by atoms with Crippen LogP contribution in [0, 0.1) is 0 Å². The standard InChI is InChI=1S/C10H17NO3/c1-4-6-9(12)11(5-2)8(3)7-10(13)14/h4,6,8H,5,7H2,1-3H3,(H,13,14). The van der Waals surface area contributed by atoms with E-state index in [1.807, 2.05) is 6.92 Å². The minimum absolute atomic E-state index is 0.0167. The van der Waals surface area contributed by atoms with Crippen molar-refractivity contribution in [3.05, 3.63) is 12.2 Å². The van der Waals surface area contributed by atoms with Gasteiger partial charge in [-0.2, -0.15) is 0 Å². The molecule has 14 heavy (non-hydrogen) atoms. The number of aliphatic carboxylic acids is 1. The van der Waals surface area contributed by atoms with E-state index in [-0.39, 0.29) is 18.4 Å². The van der Waals surface area contributed by atoms with E-state index in [9.17, 15) is 9.59 Å². The topological polar surface area (TPSA) is 57.6 Å². The number of hydrogen-bond acceptors (Lipinski definition) is 2. The molecule has 0 aromatic heterocycles. The molecule has 0 aliphatic heterocycles. The molecule has 0 fully saturated rings. The van der Waals surface area contributed by atoms with Gasteiger partial charge in [-0.25, -0.2) is 0 Å². The Labute approximate surface area is 84.2 Å². The van der Waals surface area contributed by atoms with Gasteiger partial charge in [0.25, 0.3) is 0 Å². The van der Waals surface area contributed by atoms with Gasteiger partial charge in [-0.05, 0) is 26.8 Å². The van der Waals surface area contributed by atoms with Crippen LogP contribution in [0.5, 0.6) is 0 Å². The van der Waals surface area contributed by atoms with E-state index < -0.39 is 5.97 Å². The molecule has 4 heteroatoms. The van der Waals surface area contributed by atoms with Crippen molar-refractivity contribution in [1.29, 1.82) is 0 Å². The molecule has 0 rings (SSSR count). The molecular formula is C10H17NO3. The number of allylic oxidation sites excluding steroid dienone is 1. The predicted molar refractivity (Wildman–Crippen MR) is 53.9 cm³/mol. The monoisotopic (exact) mass is 199 g/mol. The lowest BCUT2D eigenvalue weighted by Crippen LogP contribution is -2.38. The number of nitrogens with zero attached hydrogens (tertiary/aromatic N) is 1. The van der Waals surface area contributed by atoms with Gasteiger partial charge in [0, 0.05) is 12.6 Å². The molecule has 0 spiro atoms. The van der Waals surface area contributed by atoms with Crippen molar-refractivity contribution in [1.82, 2.24) is 4.90 Å². The fraction of sp³-hybridized carbons (Fsp3) is 0.600. The van der Waals surface area contributed by atoms with Crippen LogP contribution in [-0.2, 0) is 9.59 Å². The van der Waals surface area contributed by atoms with Crippen LogP contribution in [0.1, 0.15) is 27.2 Å². The SMILES string of the molecule is CC=CC(=O)N(CC)C(C)CC(=O)O. The van der Waals surface area contributed by atoms with Crippen molar-refractivity contribution in [2.24, 2.45) is 0 Å². The number of likely N-dealkylation sites (N-methyl/N-ethyl adjacent to an activating group) is 1. The van der Waals surface area contributed by atoms with Gasteiger partial charge in [-0.1, -0.05) is 6.08 Å². The zero-order valence-electron chi connectivity index (χ0n) is 8.86. The van der Waals surface area contributed by atoms with E-state index in [1.54, 1.807) is 19.9 Å². The van der Waals surface area contributed by atoms with Crippen LogP contribution in [0.15, 0.2) is 12.2 Å². The molecule has 0 aliphatic rings. The predicted octanol–water partition coefficient (Wildman–Crippen LogP) is 1.27. The Kier molecular flexibility index (Phi) is 5.60. The number of hydrogen-bond donors (Lipinski definition) is 1. The van der Waals surface area contributed by atoms with Crippen molar-refractivity contribution in [2.75, 3.05) is 6.54 Å². The Morgan fingerprint density at radius 2 is 2.07 bits per heavy atom.